The van der Waals surface area contributed by atoms with Crippen LogP contribution in [0, 0.1) is 0 Å². The minimum atomic E-state index is -0.123. The van der Waals surface area contributed by atoms with Crippen LogP contribution in [0.4, 0.5) is 0 Å². The Morgan fingerprint density at radius 1 is 1.35 bits per heavy atom. The van der Waals surface area contributed by atoms with Crippen LogP contribution in [-0.2, 0) is 6.42 Å². The molecule has 0 fully saturated rings. The molecule has 20 heavy (non-hydrogen) atoms. The molecule has 1 unspecified atom stereocenters. The maximum absolute atomic E-state index is 11.9. The normalized spacial score (nSPS) is 15.6. The van der Waals surface area contributed by atoms with Gasteiger partial charge in [0.05, 0.1) is 6.04 Å². The number of hydrogen-bond acceptors (Lipinski definition) is 3. The second kappa shape index (κ2) is 5.31. The molecule has 0 spiro atoms. The fourth-order valence-corrected chi connectivity index (χ4v) is 2.72. The Morgan fingerprint density at radius 2 is 2.20 bits per heavy atom. The van der Waals surface area contributed by atoms with Gasteiger partial charge in [-0.1, -0.05) is 12.1 Å². The predicted molar refractivity (Wildman–Crippen MR) is 77.1 cm³/mol. The van der Waals surface area contributed by atoms with Crippen molar-refractivity contribution in [2.75, 3.05) is 13.6 Å². The molecule has 0 radical (unpaired) electrons. The highest BCUT2D eigenvalue weighted by Gasteiger charge is 2.21. The largest absolute Gasteiger partial charge is 0.448 e. The standard InChI is InChI=1S/C15H15ClN2O2/c1-17-14(12-4-5-13(16)20-12)10-3-2-9-6-7-18-15(19)11(9)8-10/h2-5,8,14,17H,6-7H2,1H3,(H,18,19). The fraction of sp³-hybridized carbons (Fsp3) is 0.267. The van der Waals surface area contributed by atoms with Crippen LogP contribution in [0.3, 0.4) is 0 Å². The third kappa shape index (κ3) is 2.32. The highest BCUT2D eigenvalue weighted by molar-refractivity contribution is 6.28. The van der Waals surface area contributed by atoms with Crippen molar-refractivity contribution < 1.29 is 9.21 Å². The molecule has 2 aromatic rings. The van der Waals surface area contributed by atoms with Crippen LogP contribution in [0.25, 0.3) is 0 Å². The maximum atomic E-state index is 11.9. The number of nitrogens with one attached hydrogen (secondary N) is 2. The minimum absolute atomic E-state index is 0.0135. The Hall–Kier alpha value is -1.78. The maximum Gasteiger partial charge on any atom is 0.251 e. The molecule has 2 heterocycles. The third-order valence-electron chi connectivity index (χ3n) is 3.56. The third-order valence-corrected chi connectivity index (χ3v) is 3.76. The van der Waals surface area contributed by atoms with Crippen molar-refractivity contribution in [3.63, 3.8) is 0 Å². The van der Waals surface area contributed by atoms with Gasteiger partial charge in [0.25, 0.3) is 5.91 Å². The molecule has 1 aromatic heterocycles. The van der Waals surface area contributed by atoms with Crippen LogP contribution in [0.1, 0.15) is 33.3 Å². The molecule has 2 N–H and O–H groups in total. The van der Waals surface area contributed by atoms with Crippen LogP contribution in [0.5, 0.6) is 0 Å². The lowest BCUT2D eigenvalue weighted by atomic mass is 9.94. The van der Waals surface area contributed by atoms with Crippen LogP contribution in [0.15, 0.2) is 34.7 Å². The second-order valence-corrected chi connectivity index (χ2v) is 5.16. The van der Waals surface area contributed by atoms with E-state index in [0.29, 0.717) is 11.8 Å². The number of halogens is 1. The van der Waals surface area contributed by atoms with E-state index in [0.717, 1.165) is 28.9 Å². The zero-order chi connectivity index (χ0) is 14.1. The van der Waals surface area contributed by atoms with Gasteiger partial charge in [0, 0.05) is 12.1 Å². The number of hydrogen-bond donors (Lipinski definition) is 2. The molecule has 0 aliphatic carbocycles. The summed E-state index contributed by atoms with van der Waals surface area (Å²) in [5.41, 5.74) is 2.81. The van der Waals surface area contributed by atoms with E-state index in [4.69, 9.17) is 16.0 Å². The summed E-state index contributed by atoms with van der Waals surface area (Å²) in [6.07, 6.45) is 0.873. The van der Waals surface area contributed by atoms with E-state index in [9.17, 15) is 4.79 Å². The molecule has 1 aromatic carbocycles. The van der Waals surface area contributed by atoms with Gasteiger partial charge in [0.2, 0.25) is 0 Å². The number of benzene rings is 1. The van der Waals surface area contributed by atoms with Crippen molar-refractivity contribution in [2.45, 2.75) is 12.5 Å². The Kier molecular flexibility index (Phi) is 3.51. The van der Waals surface area contributed by atoms with Crippen LogP contribution >= 0.6 is 11.6 Å². The van der Waals surface area contributed by atoms with Crippen molar-refractivity contribution in [2.24, 2.45) is 0 Å². The highest BCUT2D eigenvalue weighted by atomic mass is 35.5. The quantitative estimate of drug-likeness (QED) is 0.913. The van der Waals surface area contributed by atoms with Crippen molar-refractivity contribution in [3.05, 3.63) is 58.0 Å². The van der Waals surface area contributed by atoms with Gasteiger partial charge in [-0.25, -0.2) is 0 Å². The molecule has 104 valence electrons. The predicted octanol–water partition coefficient (Wildman–Crippen LogP) is 2.53. The van der Waals surface area contributed by atoms with Gasteiger partial charge in [0.1, 0.15) is 5.76 Å². The monoisotopic (exact) mass is 290 g/mol. The summed E-state index contributed by atoms with van der Waals surface area (Å²) in [6, 6.07) is 9.38. The zero-order valence-electron chi connectivity index (χ0n) is 11.1. The van der Waals surface area contributed by atoms with Crippen molar-refractivity contribution in [1.82, 2.24) is 10.6 Å². The number of rotatable bonds is 3. The summed E-state index contributed by atoms with van der Waals surface area (Å²) in [5.74, 6) is 0.717. The molecule has 0 saturated heterocycles. The first-order valence-electron chi connectivity index (χ1n) is 6.52. The van der Waals surface area contributed by atoms with E-state index < -0.39 is 0 Å². The van der Waals surface area contributed by atoms with Gasteiger partial charge in [-0.3, -0.25) is 4.79 Å². The number of furan rings is 1. The lowest BCUT2D eigenvalue weighted by molar-refractivity contribution is 0.0946. The number of fused-ring (bicyclic) bond motifs is 1. The first-order chi connectivity index (χ1) is 9.69. The molecule has 1 aliphatic rings. The van der Waals surface area contributed by atoms with E-state index in [1.54, 1.807) is 6.07 Å². The molecule has 1 atom stereocenters. The summed E-state index contributed by atoms with van der Waals surface area (Å²) in [6.45, 7) is 0.703. The molecule has 1 amide bonds. The average molecular weight is 291 g/mol. The molecule has 0 saturated carbocycles. The van der Waals surface area contributed by atoms with Crippen LogP contribution in [0.2, 0.25) is 5.22 Å². The van der Waals surface area contributed by atoms with Gasteiger partial charge in [-0.15, -0.1) is 0 Å². The van der Waals surface area contributed by atoms with Crippen molar-refractivity contribution in [1.29, 1.82) is 0 Å². The molecule has 5 heteroatoms. The van der Waals surface area contributed by atoms with E-state index >= 15 is 0 Å². The number of amides is 1. The molecule has 1 aliphatic heterocycles. The summed E-state index contributed by atoms with van der Waals surface area (Å²) in [5, 5.41) is 6.41. The SMILES string of the molecule is CNC(c1ccc2c(c1)C(=O)NCC2)c1ccc(Cl)o1. The Morgan fingerprint density at radius 3 is 2.90 bits per heavy atom. The van der Waals surface area contributed by atoms with E-state index in [2.05, 4.69) is 10.6 Å². The van der Waals surface area contributed by atoms with E-state index in [-0.39, 0.29) is 11.9 Å². The topological polar surface area (TPSA) is 54.3 Å². The Balaban J connectivity index is 2.00. The molecular formula is C15H15ClN2O2. The van der Waals surface area contributed by atoms with Crippen LogP contribution in [-0.4, -0.2) is 19.5 Å². The highest BCUT2D eigenvalue weighted by Crippen LogP contribution is 2.27. The second-order valence-electron chi connectivity index (χ2n) is 4.79. The lowest BCUT2D eigenvalue weighted by Crippen LogP contribution is -2.32. The zero-order valence-corrected chi connectivity index (χ0v) is 11.8. The molecule has 4 nitrogen and oxygen atoms in total. The van der Waals surface area contributed by atoms with Gasteiger partial charge in [0.15, 0.2) is 5.22 Å². The molecule has 3 rings (SSSR count). The summed E-state index contributed by atoms with van der Waals surface area (Å²) in [4.78, 5) is 11.9. The Labute approximate surface area is 122 Å². The number of carbonyl (C=O) groups excluding carboxylic acids is 1. The molecule has 0 bridgehead atoms. The Bertz CT molecular complexity index is 651. The lowest BCUT2D eigenvalue weighted by Gasteiger charge is -2.20. The fourth-order valence-electron chi connectivity index (χ4n) is 2.57. The smallest absolute Gasteiger partial charge is 0.251 e. The van der Waals surface area contributed by atoms with Crippen molar-refractivity contribution >= 4 is 17.5 Å². The van der Waals surface area contributed by atoms with Gasteiger partial charge in [-0.05, 0) is 54.4 Å². The number of carbonyl (C=O) groups is 1. The first kappa shape index (κ1) is 13.2. The summed E-state index contributed by atoms with van der Waals surface area (Å²) >= 11 is 5.83. The van der Waals surface area contributed by atoms with Gasteiger partial charge >= 0.3 is 0 Å². The van der Waals surface area contributed by atoms with Crippen LogP contribution < -0.4 is 10.6 Å². The first-order valence-corrected chi connectivity index (χ1v) is 6.90. The average Bonchev–Trinajstić information content (AvgIpc) is 2.87. The van der Waals surface area contributed by atoms with Gasteiger partial charge < -0.3 is 15.1 Å². The van der Waals surface area contributed by atoms with E-state index in [1.807, 2.05) is 31.3 Å². The van der Waals surface area contributed by atoms with Gasteiger partial charge in [-0.2, -0.15) is 0 Å². The minimum Gasteiger partial charge on any atom is -0.448 e. The summed E-state index contributed by atoms with van der Waals surface area (Å²) in [7, 11) is 1.85. The molecular weight excluding hydrogens is 276 g/mol. The van der Waals surface area contributed by atoms with E-state index in [1.165, 1.54) is 0 Å². The van der Waals surface area contributed by atoms with Crippen molar-refractivity contribution in [3.8, 4) is 0 Å². The summed E-state index contributed by atoms with van der Waals surface area (Å²) < 4.78 is 5.46.